The van der Waals surface area contributed by atoms with E-state index in [0.29, 0.717) is 17.1 Å². The maximum atomic E-state index is 12.2. The first-order valence-electron chi connectivity index (χ1n) is 7.95. The van der Waals surface area contributed by atoms with Crippen LogP contribution in [0.2, 0.25) is 0 Å². The Labute approximate surface area is 157 Å². The lowest BCUT2D eigenvalue weighted by Gasteiger charge is -2.12. The third-order valence-corrected chi connectivity index (χ3v) is 4.26. The Morgan fingerprint density at radius 2 is 1.73 bits per heavy atom. The first-order valence-corrected chi connectivity index (χ1v) is 9.17. The van der Waals surface area contributed by atoms with Crippen LogP contribution in [0, 0.1) is 13.8 Å². The molecule has 26 heavy (non-hydrogen) atoms. The summed E-state index contributed by atoms with van der Waals surface area (Å²) >= 11 is 1.55. The molecular weight excluding hydrogens is 352 g/mol. The Hall–Kier alpha value is -2.67. The maximum absolute atomic E-state index is 12.2. The lowest BCUT2D eigenvalue weighted by atomic mass is 10.1. The van der Waals surface area contributed by atoms with E-state index in [1.807, 2.05) is 44.4 Å². The molecule has 2 aromatic rings. The molecule has 0 atom stereocenters. The van der Waals surface area contributed by atoms with Crippen molar-refractivity contribution in [2.45, 2.75) is 18.7 Å². The summed E-state index contributed by atoms with van der Waals surface area (Å²) in [6.45, 7) is 3.71. The van der Waals surface area contributed by atoms with Gasteiger partial charge in [0.15, 0.2) is 6.61 Å². The van der Waals surface area contributed by atoms with Crippen LogP contribution in [0.1, 0.15) is 21.5 Å². The Bertz CT molecular complexity index is 788. The predicted octanol–water partition coefficient (Wildman–Crippen LogP) is 2.87. The van der Waals surface area contributed by atoms with Gasteiger partial charge in [-0.2, -0.15) is 0 Å². The molecule has 2 amide bonds. The van der Waals surface area contributed by atoms with Gasteiger partial charge in [-0.3, -0.25) is 20.4 Å². The monoisotopic (exact) mass is 374 g/mol. The summed E-state index contributed by atoms with van der Waals surface area (Å²) in [6.07, 6.45) is 1.93. The van der Waals surface area contributed by atoms with Gasteiger partial charge in [-0.15, -0.1) is 11.8 Å². The van der Waals surface area contributed by atoms with E-state index in [1.165, 1.54) is 7.11 Å². The lowest BCUT2D eigenvalue weighted by molar-refractivity contribution is -0.123. The van der Waals surface area contributed by atoms with Crippen LogP contribution in [0.4, 0.5) is 0 Å². The third-order valence-electron chi connectivity index (χ3n) is 3.53. The Morgan fingerprint density at radius 1 is 1.04 bits per heavy atom. The van der Waals surface area contributed by atoms with Gasteiger partial charge in [0, 0.05) is 4.90 Å². The van der Waals surface area contributed by atoms with Crippen molar-refractivity contribution in [3.05, 3.63) is 53.1 Å². The Morgan fingerprint density at radius 3 is 2.35 bits per heavy atom. The smallest absolute Gasteiger partial charge is 0.276 e. The molecule has 0 unspecified atom stereocenters. The van der Waals surface area contributed by atoms with Crippen LogP contribution in [0.15, 0.2) is 41.3 Å². The molecule has 2 aromatic carbocycles. The fourth-order valence-corrected chi connectivity index (χ4v) is 2.81. The summed E-state index contributed by atoms with van der Waals surface area (Å²) in [7, 11) is 1.49. The molecule has 7 heteroatoms. The van der Waals surface area contributed by atoms with Gasteiger partial charge in [-0.25, -0.2) is 0 Å². The number of benzene rings is 2. The average molecular weight is 374 g/mol. The van der Waals surface area contributed by atoms with Gasteiger partial charge >= 0.3 is 0 Å². The summed E-state index contributed by atoms with van der Waals surface area (Å²) in [5, 5.41) is 0. The normalized spacial score (nSPS) is 10.2. The SMILES string of the molecule is COc1cc(SC)ccc1C(=O)NNC(=O)COc1cc(C)cc(C)c1. The Balaban J connectivity index is 1.89. The second kappa shape index (κ2) is 9.15. The topological polar surface area (TPSA) is 76.7 Å². The molecule has 0 aliphatic carbocycles. The van der Waals surface area contributed by atoms with Gasteiger partial charge in [0.25, 0.3) is 11.8 Å². The second-order valence-electron chi connectivity index (χ2n) is 5.68. The zero-order valence-electron chi connectivity index (χ0n) is 15.2. The minimum absolute atomic E-state index is 0.203. The van der Waals surface area contributed by atoms with Crippen LogP contribution in [0.5, 0.6) is 11.5 Å². The molecule has 2 N–H and O–H groups in total. The third kappa shape index (κ3) is 5.42. The van der Waals surface area contributed by atoms with Crippen molar-refractivity contribution in [3.8, 4) is 11.5 Å². The molecular formula is C19H22N2O4S. The van der Waals surface area contributed by atoms with Gasteiger partial charge in [0.1, 0.15) is 11.5 Å². The summed E-state index contributed by atoms with van der Waals surface area (Å²) in [6, 6.07) is 10.9. The fourth-order valence-electron chi connectivity index (χ4n) is 2.38. The summed E-state index contributed by atoms with van der Waals surface area (Å²) in [5.41, 5.74) is 7.14. The number of ether oxygens (including phenoxy) is 2. The standard InChI is InChI=1S/C19H22N2O4S/c1-12-7-13(2)9-14(8-12)25-11-18(22)20-21-19(23)16-6-5-15(26-4)10-17(16)24-3/h5-10H,11H2,1-4H3,(H,20,22)(H,21,23). The van der Waals surface area contributed by atoms with E-state index in [1.54, 1.807) is 23.9 Å². The molecule has 6 nitrogen and oxygen atoms in total. The molecule has 0 saturated heterocycles. The van der Waals surface area contributed by atoms with Gasteiger partial charge in [0.05, 0.1) is 12.7 Å². The molecule has 138 valence electrons. The minimum atomic E-state index is -0.464. The highest BCUT2D eigenvalue weighted by molar-refractivity contribution is 7.98. The number of rotatable bonds is 6. The quantitative estimate of drug-likeness (QED) is 0.601. The minimum Gasteiger partial charge on any atom is -0.496 e. The van der Waals surface area contributed by atoms with Crippen molar-refractivity contribution >= 4 is 23.6 Å². The zero-order chi connectivity index (χ0) is 19.1. The molecule has 0 fully saturated rings. The van der Waals surface area contributed by atoms with Crippen molar-refractivity contribution < 1.29 is 19.1 Å². The van der Waals surface area contributed by atoms with E-state index >= 15 is 0 Å². The number of hydrazine groups is 1. The van der Waals surface area contributed by atoms with Crippen LogP contribution in [0.3, 0.4) is 0 Å². The van der Waals surface area contributed by atoms with Crippen LogP contribution in [0.25, 0.3) is 0 Å². The molecule has 2 rings (SSSR count). The number of carbonyl (C=O) groups excluding carboxylic acids is 2. The molecule has 0 aliphatic rings. The van der Waals surface area contributed by atoms with Crippen molar-refractivity contribution in [1.29, 1.82) is 0 Å². The van der Waals surface area contributed by atoms with Gasteiger partial charge in [0.2, 0.25) is 0 Å². The largest absolute Gasteiger partial charge is 0.496 e. The number of carbonyl (C=O) groups is 2. The molecule has 0 bridgehead atoms. The van der Waals surface area contributed by atoms with Crippen molar-refractivity contribution in [1.82, 2.24) is 10.9 Å². The average Bonchev–Trinajstić information content (AvgIpc) is 2.63. The molecule has 0 heterocycles. The summed E-state index contributed by atoms with van der Waals surface area (Å²) in [4.78, 5) is 25.1. The van der Waals surface area contributed by atoms with Crippen molar-refractivity contribution in [2.24, 2.45) is 0 Å². The number of aryl methyl sites for hydroxylation is 2. The molecule has 0 spiro atoms. The van der Waals surface area contributed by atoms with Gasteiger partial charge in [-0.1, -0.05) is 6.07 Å². The zero-order valence-corrected chi connectivity index (χ0v) is 16.0. The number of thioether (sulfide) groups is 1. The number of amides is 2. The second-order valence-corrected chi connectivity index (χ2v) is 6.56. The van der Waals surface area contributed by atoms with Crippen molar-refractivity contribution in [3.63, 3.8) is 0 Å². The summed E-state index contributed by atoms with van der Waals surface area (Å²) < 4.78 is 10.7. The number of hydrogen-bond donors (Lipinski definition) is 2. The predicted molar refractivity (Wildman–Crippen MR) is 102 cm³/mol. The van der Waals surface area contributed by atoms with Crippen LogP contribution in [-0.4, -0.2) is 31.8 Å². The van der Waals surface area contributed by atoms with Crippen LogP contribution in [-0.2, 0) is 4.79 Å². The molecule has 0 radical (unpaired) electrons. The van der Waals surface area contributed by atoms with E-state index in [4.69, 9.17) is 9.47 Å². The van der Waals surface area contributed by atoms with E-state index in [-0.39, 0.29) is 6.61 Å². The molecule has 0 saturated carbocycles. The fraction of sp³-hybridized carbons (Fsp3) is 0.263. The Kier molecular flexibility index (Phi) is 6.91. The van der Waals surface area contributed by atoms with Crippen LogP contribution < -0.4 is 20.3 Å². The highest BCUT2D eigenvalue weighted by atomic mass is 32.2. The van der Waals surface area contributed by atoms with E-state index in [9.17, 15) is 9.59 Å². The van der Waals surface area contributed by atoms with E-state index < -0.39 is 11.8 Å². The van der Waals surface area contributed by atoms with Gasteiger partial charge < -0.3 is 9.47 Å². The first kappa shape index (κ1) is 19.7. The van der Waals surface area contributed by atoms with E-state index in [0.717, 1.165) is 16.0 Å². The number of nitrogens with one attached hydrogen (secondary N) is 2. The summed E-state index contributed by atoms with van der Waals surface area (Å²) in [5.74, 6) is 0.125. The maximum Gasteiger partial charge on any atom is 0.276 e. The van der Waals surface area contributed by atoms with Crippen molar-refractivity contribution in [2.75, 3.05) is 20.0 Å². The van der Waals surface area contributed by atoms with Gasteiger partial charge in [-0.05, 0) is 61.6 Å². The number of methoxy groups -OCH3 is 1. The number of hydrogen-bond acceptors (Lipinski definition) is 5. The first-order chi connectivity index (χ1) is 12.4. The lowest BCUT2D eigenvalue weighted by Crippen LogP contribution is -2.43. The highest BCUT2D eigenvalue weighted by Gasteiger charge is 2.14. The molecule has 0 aromatic heterocycles. The van der Waals surface area contributed by atoms with Crippen LogP contribution >= 0.6 is 11.8 Å². The highest BCUT2D eigenvalue weighted by Crippen LogP contribution is 2.25. The van der Waals surface area contributed by atoms with E-state index in [2.05, 4.69) is 10.9 Å². The molecule has 0 aliphatic heterocycles.